The Morgan fingerprint density at radius 2 is 2.21 bits per heavy atom. The number of halogens is 2. The standard InChI is InChI=1S/C15H21ClFNO/c1-4-15(3)13(18-5-2)9-14(15)19-10-6-7-12(17)11(16)8-10/h6-8,13-14,18H,4-5,9H2,1-3H3. The third-order valence-corrected chi connectivity index (χ3v) is 4.65. The molecule has 2 rings (SSSR count). The fourth-order valence-corrected chi connectivity index (χ4v) is 2.92. The largest absolute Gasteiger partial charge is 0.490 e. The molecule has 2 nitrogen and oxygen atoms in total. The Morgan fingerprint density at radius 3 is 2.79 bits per heavy atom. The van der Waals surface area contributed by atoms with Crippen LogP contribution >= 0.6 is 11.6 Å². The van der Waals surface area contributed by atoms with Crippen LogP contribution in [0.2, 0.25) is 5.02 Å². The van der Waals surface area contributed by atoms with Crippen molar-refractivity contribution in [2.45, 2.75) is 45.8 Å². The zero-order valence-corrected chi connectivity index (χ0v) is 12.4. The van der Waals surface area contributed by atoms with Gasteiger partial charge in [-0.05, 0) is 25.1 Å². The first-order valence-electron chi connectivity index (χ1n) is 6.86. The maximum absolute atomic E-state index is 13.1. The van der Waals surface area contributed by atoms with Gasteiger partial charge in [0.2, 0.25) is 0 Å². The van der Waals surface area contributed by atoms with Crippen molar-refractivity contribution in [3.05, 3.63) is 29.0 Å². The van der Waals surface area contributed by atoms with E-state index < -0.39 is 5.82 Å². The van der Waals surface area contributed by atoms with Crippen LogP contribution < -0.4 is 10.1 Å². The summed E-state index contributed by atoms with van der Waals surface area (Å²) in [4.78, 5) is 0. The second-order valence-corrected chi connectivity index (χ2v) is 5.79. The van der Waals surface area contributed by atoms with E-state index in [0.717, 1.165) is 19.4 Å². The van der Waals surface area contributed by atoms with Crippen LogP contribution in [0.1, 0.15) is 33.6 Å². The minimum absolute atomic E-state index is 0.109. The minimum Gasteiger partial charge on any atom is -0.490 e. The van der Waals surface area contributed by atoms with Crippen LogP contribution in [0, 0.1) is 11.2 Å². The molecule has 0 saturated heterocycles. The molecule has 0 aromatic heterocycles. The van der Waals surface area contributed by atoms with Crippen LogP contribution in [-0.2, 0) is 0 Å². The highest BCUT2D eigenvalue weighted by molar-refractivity contribution is 6.30. The molecule has 1 aliphatic rings. The molecule has 106 valence electrons. The summed E-state index contributed by atoms with van der Waals surface area (Å²) in [6.07, 6.45) is 2.18. The fourth-order valence-electron chi connectivity index (χ4n) is 2.75. The number of ether oxygens (including phenoxy) is 1. The molecule has 3 unspecified atom stereocenters. The lowest BCUT2D eigenvalue weighted by atomic mass is 9.61. The van der Waals surface area contributed by atoms with Gasteiger partial charge in [0.1, 0.15) is 17.7 Å². The molecule has 1 aromatic carbocycles. The van der Waals surface area contributed by atoms with Gasteiger partial charge in [0.05, 0.1) is 5.02 Å². The maximum atomic E-state index is 13.1. The average molecular weight is 286 g/mol. The molecule has 1 aliphatic carbocycles. The van der Waals surface area contributed by atoms with Crippen LogP contribution in [0.15, 0.2) is 18.2 Å². The number of hydrogen-bond donors (Lipinski definition) is 1. The number of rotatable bonds is 5. The molecular weight excluding hydrogens is 265 g/mol. The fraction of sp³-hybridized carbons (Fsp3) is 0.600. The predicted molar refractivity (Wildman–Crippen MR) is 76.3 cm³/mol. The van der Waals surface area contributed by atoms with Gasteiger partial charge in [-0.25, -0.2) is 4.39 Å². The lowest BCUT2D eigenvalue weighted by Gasteiger charge is -2.53. The molecule has 0 spiro atoms. The number of hydrogen-bond acceptors (Lipinski definition) is 2. The van der Waals surface area contributed by atoms with Crippen molar-refractivity contribution in [3.8, 4) is 5.75 Å². The van der Waals surface area contributed by atoms with E-state index in [-0.39, 0.29) is 16.5 Å². The zero-order valence-electron chi connectivity index (χ0n) is 11.7. The topological polar surface area (TPSA) is 21.3 Å². The molecule has 4 heteroatoms. The van der Waals surface area contributed by atoms with Crippen molar-refractivity contribution < 1.29 is 9.13 Å². The Labute approximate surface area is 119 Å². The summed E-state index contributed by atoms with van der Waals surface area (Å²) in [5.41, 5.74) is 0.122. The van der Waals surface area contributed by atoms with Crippen LogP contribution in [0.4, 0.5) is 4.39 Å². The molecule has 1 N–H and O–H groups in total. The summed E-state index contributed by atoms with van der Waals surface area (Å²) in [7, 11) is 0. The van der Waals surface area contributed by atoms with Gasteiger partial charge in [-0.2, -0.15) is 0 Å². The molecule has 0 heterocycles. The van der Waals surface area contributed by atoms with E-state index in [1.807, 2.05) is 0 Å². The minimum atomic E-state index is -0.411. The molecule has 19 heavy (non-hydrogen) atoms. The Hall–Kier alpha value is -0.800. The Balaban J connectivity index is 2.05. The van der Waals surface area contributed by atoms with Gasteiger partial charge < -0.3 is 10.1 Å². The van der Waals surface area contributed by atoms with Crippen LogP contribution in [0.5, 0.6) is 5.75 Å². The second-order valence-electron chi connectivity index (χ2n) is 5.39. The lowest BCUT2D eigenvalue weighted by Crippen LogP contribution is -2.63. The summed E-state index contributed by atoms with van der Waals surface area (Å²) < 4.78 is 19.1. The van der Waals surface area contributed by atoms with E-state index in [9.17, 15) is 4.39 Å². The van der Waals surface area contributed by atoms with E-state index in [0.29, 0.717) is 11.8 Å². The number of benzene rings is 1. The lowest BCUT2D eigenvalue weighted by molar-refractivity contribution is -0.0697. The summed E-state index contributed by atoms with van der Waals surface area (Å²) >= 11 is 5.77. The maximum Gasteiger partial charge on any atom is 0.142 e. The van der Waals surface area contributed by atoms with E-state index in [4.69, 9.17) is 16.3 Å². The van der Waals surface area contributed by atoms with Gasteiger partial charge in [0.15, 0.2) is 0 Å². The normalized spacial score (nSPS) is 29.9. The second kappa shape index (κ2) is 5.68. The zero-order chi connectivity index (χ0) is 14.0. The first-order valence-corrected chi connectivity index (χ1v) is 7.24. The summed E-state index contributed by atoms with van der Waals surface area (Å²) in [5, 5.41) is 3.60. The molecule has 0 bridgehead atoms. The van der Waals surface area contributed by atoms with Gasteiger partial charge in [-0.3, -0.25) is 0 Å². The van der Waals surface area contributed by atoms with E-state index in [2.05, 4.69) is 26.1 Å². The predicted octanol–water partition coefficient (Wildman–Crippen LogP) is 4.02. The van der Waals surface area contributed by atoms with Crippen LogP contribution in [0.25, 0.3) is 0 Å². The summed E-state index contributed by atoms with van der Waals surface area (Å²) in [5.74, 6) is 0.234. The van der Waals surface area contributed by atoms with Crippen molar-refractivity contribution >= 4 is 11.6 Å². The molecule has 1 aromatic rings. The SMILES string of the molecule is CCNC1CC(Oc2ccc(F)c(Cl)c2)C1(C)CC. The summed E-state index contributed by atoms with van der Waals surface area (Å²) in [6, 6.07) is 5.02. The Bertz CT molecular complexity index is 454. The van der Waals surface area contributed by atoms with E-state index in [1.165, 1.54) is 6.07 Å². The van der Waals surface area contributed by atoms with Crippen molar-refractivity contribution in [2.24, 2.45) is 5.41 Å². The third kappa shape index (κ3) is 2.72. The van der Waals surface area contributed by atoms with Gasteiger partial charge in [-0.15, -0.1) is 0 Å². The van der Waals surface area contributed by atoms with Crippen LogP contribution in [-0.4, -0.2) is 18.7 Å². The highest BCUT2D eigenvalue weighted by Crippen LogP contribution is 2.46. The first-order chi connectivity index (χ1) is 9.01. The number of nitrogens with one attached hydrogen (secondary N) is 1. The van der Waals surface area contributed by atoms with Crippen molar-refractivity contribution in [2.75, 3.05) is 6.54 Å². The van der Waals surface area contributed by atoms with Crippen molar-refractivity contribution in [1.29, 1.82) is 0 Å². The van der Waals surface area contributed by atoms with Crippen molar-refractivity contribution in [1.82, 2.24) is 5.32 Å². The van der Waals surface area contributed by atoms with Crippen molar-refractivity contribution in [3.63, 3.8) is 0 Å². The smallest absolute Gasteiger partial charge is 0.142 e. The van der Waals surface area contributed by atoms with Gasteiger partial charge in [0, 0.05) is 23.9 Å². The molecular formula is C15H21ClFNO. The highest BCUT2D eigenvalue weighted by Gasteiger charge is 2.51. The molecule has 0 radical (unpaired) electrons. The van der Waals surface area contributed by atoms with E-state index >= 15 is 0 Å². The third-order valence-electron chi connectivity index (χ3n) is 4.36. The van der Waals surface area contributed by atoms with Gasteiger partial charge in [0.25, 0.3) is 0 Å². The average Bonchev–Trinajstić information content (AvgIpc) is 2.40. The highest BCUT2D eigenvalue weighted by atomic mass is 35.5. The molecule has 1 saturated carbocycles. The molecule has 0 aliphatic heterocycles. The monoisotopic (exact) mass is 285 g/mol. The quantitative estimate of drug-likeness (QED) is 0.882. The van der Waals surface area contributed by atoms with Gasteiger partial charge in [-0.1, -0.05) is 32.4 Å². The molecule has 1 fully saturated rings. The van der Waals surface area contributed by atoms with E-state index in [1.54, 1.807) is 12.1 Å². The van der Waals surface area contributed by atoms with Crippen LogP contribution in [0.3, 0.4) is 0 Å². The van der Waals surface area contributed by atoms with Gasteiger partial charge >= 0.3 is 0 Å². The Kier molecular flexibility index (Phi) is 4.36. The molecule has 0 amide bonds. The molecule has 3 atom stereocenters. The Morgan fingerprint density at radius 1 is 1.47 bits per heavy atom. The summed E-state index contributed by atoms with van der Waals surface area (Å²) in [6.45, 7) is 7.50. The first kappa shape index (κ1) is 14.6.